The lowest BCUT2D eigenvalue weighted by Gasteiger charge is -2.19. The first-order valence-corrected chi connectivity index (χ1v) is 5.54. The zero-order valence-electron chi connectivity index (χ0n) is 9.26. The molecule has 17 heavy (non-hydrogen) atoms. The number of piperidine rings is 1. The molecule has 92 valence electrons. The van der Waals surface area contributed by atoms with Crippen LogP contribution in [-0.4, -0.2) is 16.7 Å². The summed E-state index contributed by atoms with van der Waals surface area (Å²) in [7, 11) is 0. The van der Waals surface area contributed by atoms with Gasteiger partial charge in [-0.2, -0.15) is 4.98 Å². The predicted octanol–water partition coefficient (Wildman–Crippen LogP) is 2.57. The number of rotatable bonds is 2. The van der Waals surface area contributed by atoms with Crippen LogP contribution in [0.4, 0.5) is 0 Å². The van der Waals surface area contributed by atoms with Gasteiger partial charge < -0.3 is 14.3 Å². The van der Waals surface area contributed by atoms with E-state index in [1.165, 1.54) is 12.8 Å². The average Bonchev–Trinajstić information content (AvgIpc) is 3.01. The molecule has 0 aliphatic carbocycles. The zero-order valence-corrected chi connectivity index (χ0v) is 10.1. The molecule has 1 aliphatic rings. The van der Waals surface area contributed by atoms with E-state index in [2.05, 4.69) is 15.5 Å². The first-order chi connectivity index (χ1) is 7.93. The van der Waals surface area contributed by atoms with Gasteiger partial charge in [0, 0.05) is 0 Å². The molecule has 0 spiro atoms. The van der Waals surface area contributed by atoms with Crippen molar-refractivity contribution < 1.29 is 8.94 Å². The minimum Gasteiger partial charge on any atom is -0.461 e. The van der Waals surface area contributed by atoms with E-state index in [0.717, 1.165) is 13.0 Å². The monoisotopic (exact) mass is 255 g/mol. The van der Waals surface area contributed by atoms with Crippen molar-refractivity contribution in [3.05, 3.63) is 24.3 Å². The van der Waals surface area contributed by atoms with E-state index in [1.54, 1.807) is 6.26 Å². The van der Waals surface area contributed by atoms with Crippen LogP contribution >= 0.6 is 12.4 Å². The van der Waals surface area contributed by atoms with E-state index >= 15 is 0 Å². The van der Waals surface area contributed by atoms with Crippen LogP contribution in [0.3, 0.4) is 0 Å². The lowest BCUT2D eigenvalue weighted by atomic mass is 10.1. The summed E-state index contributed by atoms with van der Waals surface area (Å²) in [5.74, 6) is 1.82. The Morgan fingerprint density at radius 1 is 1.35 bits per heavy atom. The van der Waals surface area contributed by atoms with Crippen molar-refractivity contribution in [1.82, 2.24) is 15.5 Å². The number of furan rings is 1. The second-order valence-electron chi connectivity index (χ2n) is 3.94. The van der Waals surface area contributed by atoms with Crippen molar-refractivity contribution in [3.63, 3.8) is 0 Å². The van der Waals surface area contributed by atoms with E-state index in [1.807, 2.05) is 12.1 Å². The second kappa shape index (κ2) is 5.33. The van der Waals surface area contributed by atoms with Crippen LogP contribution in [0, 0.1) is 0 Å². The Bertz CT molecular complexity index is 449. The Kier molecular flexibility index (Phi) is 3.81. The molecule has 1 aliphatic heterocycles. The maximum atomic E-state index is 5.24. The van der Waals surface area contributed by atoms with E-state index in [-0.39, 0.29) is 18.4 Å². The third-order valence-corrected chi connectivity index (χ3v) is 2.79. The highest BCUT2D eigenvalue weighted by atomic mass is 35.5. The summed E-state index contributed by atoms with van der Waals surface area (Å²) >= 11 is 0. The average molecular weight is 256 g/mol. The van der Waals surface area contributed by atoms with Crippen LogP contribution in [0.25, 0.3) is 11.6 Å². The molecule has 0 amide bonds. The Hall–Kier alpha value is -1.33. The van der Waals surface area contributed by atoms with Crippen LogP contribution < -0.4 is 5.32 Å². The Labute approximate surface area is 105 Å². The standard InChI is InChI=1S/C11H13N3O2.ClH/c1-2-6-12-8(4-1)11-13-10(14-16-11)9-5-3-7-15-9;/h3,5,7-8,12H,1-2,4,6H2;1H. The summed E-state index contributed by atoms with van der Waals surface area (Å²) in [4.78, 5) is 4.34. The van der Waals surface area contributed by atoms with Gasteiger partial charge in [0.25, 0.3) is 0 Å². The normalized spacial score (nSPS) is 19.9. The molecule has 2 aromatic heterocycles. The van der Waals surface area contributed by atoms with Crippen LogP contribution in [0.15, 0.2) is 27.3 Å². The van der Waals surface area contributed by atoms with Crippen LogP contribution in [-0.2, 0) is 0 Å². The topological polar surface area (TPSA) is 64.1 Å². The maximum absolute atomic E-state index is 5.24. The van der Waals surface area contributed by atoms with E-state index in [9.17, 15) is 0 Å². The minimum atomic E-state index is 0. The fourth-order valence-corrected chi connectivity index (χ4v) is 1.95. The predicted molar refractivity (Wildman–Crippen MR) is 63.8 cm³/mol. The first-order valence-electron chi connectivity index (χ1n) is 5.54. The number of nitrogens with zero attached hydrogens (tertiary/aromatic N) is 2. The van der Waals surface area contributed by atoms with Crippen molar-refractivity contribution >= 4 is 12.4 Å². The zero-order chi connectivity index (χ0) is 10.8. The quantitative estimate of drug-likeness (QED) is 0.894. The molecule has 6 heteroatoms. The van der Waals surface area contributed by atoms with Gasteiger partial charge in [-0.1, -0.05) is 11.6 Å². The molecule has 3 heterocycles. The fraction of sp³-hybridized carbons (Fsp3) is 0.455. The van der Waals surface area contributed by atoms with Crippen molar-refractivity contribution in [2.45, 2.75) is 25.3 Å². The van der Waals surface area contributed by atoms with Crippen molar-refractivity contribution in [2.75, 3.05) is 6.54 Å². The molecule has 0 aromatic carbocycles. The Morgan fingerprint density at radius 3 is 3.00 bits per heavy atom. The lowest BCUT2D eigenvalue weighted by Crippen LogP contribution is -2.26. The molecule has 1 atom stereocenters. The molecule has 0 radical (unpaired) electrons. The van der Waals surface area contributed by atoms with Crippen LogP contribution in [0.2, 0.25) is 0 Å². The van der Waals surface area contributed by atoms with Gasteiger partial charge in [0.05, 0.1) is 12.3 Å². The molecule has 1 unspecified atom stereocenters. The Balaban J connectivity index is 0.00000108. The van der Waals surface area contributed by atoms with Crippen molar-refractivity contribution in [2.24, 2.45) is 0 Å². The van der Waals surface area contributed by atoms with E-state index in [4.69, 9.17) is 8.94 Å². The summed E-state index contributed by atoms with van der Waals surface area (Å²) < 4.78 is 10.5. The molecule has 0 saturated carbocycles. The van der Waals surface area contributed by atoms with Gasteiger partial charge in [-0.05, 0) is 31.5 Å². The molecule has 1 N–H and O–H groups in total. The fourth-order valence-electron chi connectivity index (χ4n) is 1.95. The second-order valence-corrected chi connectivity index (χ2v) is 3.94. The van der Waals surface area contributed by atoms with Gasteiger partial charge in [-0.15, -0.1) is 12.4 Å². The number of halogens is 1. The highest BCUT2D eigenvalue weighted by molar-refractivity contribution is 5.85. The summed E-state index contributed by atoms with van der Waals surface area (Å²) in [5, 5.41) is 7.28. The molecular formula is C11H14ClN3O2. The smallest absolute Gasteiger partial charge is 0.244 e. The molecule has 5 nitrogen and oxygen atoms in total. The van der Waals surface area contributed by atoms with E-state index in [0.29, 0.717) is 17.5 Å². The molecule has 1 saturated heterocycles. The number of aromatic nitrogens is 2. The van der Waals surface area contributed by atoms with Gasteiger partial charge in [0.1, 0.15) is 0 Å². The van der Waals surface area contributed by atoms with Crippen LogP contribution in [0.5, 0.6) is 0 Å². The van der Waals surface area contributed by atoms with Gasteiger partial charge in [0.15, 0.2) is 5.76 Å². The molecular weight excluding hydrogens is 242 g/mol. The third kappa shape index (κ3) is 2.50. The SMILES string of the molecule is Cl.c1coc(-c2noc(C3CCCCN3)n2)c1. The minimum absolute atomic E-state index is 0. The number of hydrogen-bond donors (Lipinski definition) is 1. The van der Waals surface area contributed by atoms with Crippen LogP contribution in [0.1, 0.15) is 31.2 Å². The third-order valence-electron chi connectivity index (χ3n) is 2.79. The summed E-state index contributed by atoms with van der Waals surface area (Å²) in [6.07, 6.45) is 5.08. The molecule has 2 aromatic rings. The van der Waals surface area contributed by atoms with Crippen molar-refractivity contribution in [1.29, 1.82) is 0 Å². The number of nitrogens with one attached hydrogen (secondary N) is 1. The molecule has 0 bridgehead atoms. The van der Waals surface area contributed by atoms with Gasteiger partial charge >= 0.3 is 0 Å². The Morgan fingerprint density at radius 2 is 2.29 bits per heavy atom. The highest BCUT2D eigenvalue weighted by Crippen LogP contribution is 2.24. The maximum Gasteiger partial charge on any atom is 0.244 e. The lowest BCUT2D eigenvalue weighted by molar-refractivity contribution is 0.297. The van der Waals surface area contributed by atoms with Gasteiger partial charge in [0.2, 0.25) is 11.7 Å². The highest BCUT2D eigenvalue weighted by Gasteiger charge is 2.21. The van der Waals surface area contributed by atoms with Gasteiger partial charge in [-0.3, -0.25) is 0 Å². The summed E-state index contributed by atoms with van der Waals surface area (Å²) in [5.41, 5.74) is 0. The summed E-state index contributed by atoms with van der Waals surface area (Å²) in [6.45, 7) is 1.02. The number of hydrogen-bond acceptors (Lipinski definition) is 5. The largest absolute Gasteiger partial charge is 0.461 e. The van der Waals surface area contributed by atoms with Gasteiger partial charge in [-0.25, -0.2) is 0 Å². The first kappa shape index (κ1) is 12.1. The van der Waals surface area contributed by atoms with E-state index < -0.39 is 0 Å². The molecule has 1 fully saturated rings. The summed E-state index contributed by atoms with van der Waals surface area (Å²) in [6, 6.07) is 3.83. The van der Waals surface area contributed by atoms with Crippen molar-refractivity contribution in [3.8, 4) is 11.6 Å². The molecule has 3 rings (SSSR count).